The molecule has 1 aliphatic carbocycles. The predicted molar refractivity (Wildman–Crippen MR) is 64.5 cm³/mol. The lowest BCUT2D eigenvalue weighted by molar-refractivity contribution is -0.144. The van der Waals surface area contributed by atoms with Crippen LogP contribution in [0.15, 0.2) is 0 Å². The van der Waals surface area contributed by atoms with Crippen molar-refractivity contribution in [1.82, 2.24) is 5.32 Å². The molecule has 0 aliphatic heterocycles. The highest BCUT2D eigenvalue weighted by Crippen LogP contribution is 2.28. The maximum absolute atomic E-state index is 11.9. The minimum Gasteiger partial charge on any atom is -0.480 e. The Bertz CT molecular complexity index is 335. The fourth-order valence-electron chi connectivity index (χ4n) is 2.21. The van der Waals surface area contributed by atoms with E-state index in [1.807, 2.05) is 0 Å². The largest absolute Gasteiger partial charge is 0.480 e. The minimum atomic E-state index is -1.23. The van der Waals surface area contributed by atoms with Gasteiger partial charge < -0.3 is 16.2 Å². The Morgan fingerprint density at radius 1 is 1.28 bits per heavy atom. The summed E-state index contributed by atoms with van der Waals surface area (Å²) in [6, 6.07) is -1.21. The molecule has 0 aromatic rings. The van der Waals surface area contributed by atoms with Crippen molar-refractivity contribution in [2.75, 3.05) is 0 Å². The van der Waals surface area contributed by atoms with Gasteiger partial charge in [-0.3, -0.25) is 9.59 Å². The van der Waals surface area contributed by atoms with Gasteiger partial charge >= 0.3 is 5.97 Å². The topological polar surface area (TPSA) is 109 Å². The Morgan fingerprint density at radius 3 is 2.28 bits per heavy atom. The van der Waals surface area contributed by atoms with Gasteiger partial charge in [0.15, 0.2) is 0 Å². The van der Waals surface area contributed by atoms with E-state index in [1.165, 1.54) is 0 Å². The van der Waals surface area contributed by atoms with Gasteiger partial charge in [-0.2, -0.15) is 0 Å². The first-order valence-corrected chi connectivity index (χ1v) is 6.21. The van der Waals surface area contributed by atoms with Crippen molar-refractivity contribution in [3.8, 4) is 0 Å². The summed E-state index contributed by atoms with van der Waals surface area (Å²) in [6.07, 6.45) is 3.13. The number of rotatable bonds is 5. The molecule has 1 rings (SSSR count). The van der Waals surface area contributed by atoms with Gasteiger partial charge in [-0.15, -0.1) is 0 Å². The van der Waals surface area contributed by atoms with Crippen LogP contribution in [-0.4, -0.2) is 28.9 Å². The second-order valence-corrected chi connectivity index (χ2v) is 5.03. The summed E-state index contributed by atoms with van der Waals surface area (Å²) in [4.78, 5) is 33.5. The molecule has 2 amide bonds. The van der Waals surface area contributed by atoms with E-state index in [4.69, 9.17) is 10.8 Å². The van der Waals surface area contributed by atoms with Crippen molar-refractivity contribution < 1.29 is 19.5 Å². The van der Waals surface area contributed by atoms with Gasteiger partial charge in [0.05, 0.1) is 6.42 Å². The number of nitrogens with two attached hydrogens (primary N) is 1. The summed E-state index contributed by atoms with van der Waals surface area (Å²) in [6.45, 7) is 2.14. The van der Waals surface area contributed by atoms with Crippen molar-refractivity contribution in [3.63, 3.8) is 0 Å². The fraction of sp³-hybridized carbons (Fsp3) is 0.750. The van der Waals surface area contributed by atoms with Crippen LogP contribution in [-0.2, 0) is 14.4 Å². The predicted octanol–water partition coefficient (Wildman–Crippen LogP) is 0.258. The summed E-state index contributed by atoms with van der Waals surface area (Å²) in [7, 11) is 0. The Balaban J connectivity index is 2.50. The molecule has 102 valence electrons. The molecular formula is C12H20N2O4. The van der Waals surface area contributed by atoms with Crippen molar-refractivity contribution in [2.24, 2.45) is 17.6 Å². The summed E-state index contributed by atoms with van der Waals surface area (Å²) in [5.74, 6) is -1.77. The van der Waals surface area contributed by atoms with E-state index in [-0.39, 0.29) is 18.2 Å². The van der Waals surface area contributed by atoms with Crippen LogP contribution in [0.25, 0.3) is 0 Å². The zero-order valence-electron chi connectivity index (χ0n) is 10.5. The van der Waals surface area contributed by atoms with Gasteiger partial charge in [-0.05, 0) is 31.6 Å². The van der Waals surface area contributed by atoms with Gasteiger partial charge in [-0.1, -0.05) is 6.92 Å². The lowest BCUT2D eigenvalue weighted by atomic mass is 9.82. The van der Waals surface area contributed by atoms with E-state index in [2.05, 4.69) is 12.2 Å². The molecular weight excluding hydrogens is 236 g/mol. The number of carbonyl (C=O) groups is 3. The molecule has 0 radical (unpaired) electrons. The number of aliphatic carboxylic acids is 1. The number of carboxylic acids is 1. The van der Waals surface area contributed by atoms with Crippen LogP contribution in [0.2, 0.25) is 0 Å². The summed E-state index contributed by atoms with van der Waals surface area (Å²) in [5.41, 5.74) is 4.95. The Labute approximate surface area is 106 Å². The lowest BCUT2D eigenvalue weighted by Crippen LogP contribution is -2.46. The van der Waals surface area contributed by atoms with E-state index < -0.39 is 17.9 Å². The van der Waals surface area contributed by atoms with Gasteiger partial charge in [0.25, 0.3) is 0 Å². The van der Waals surface area contributed by atoms with Crippen LogP contribution < -0.4 is 11.1 Å². The monoisotopic (exact) mass is 256 g/mol. The molecule has 0 aromatic carbocycles. The first-order chi connectivity index (χ1) is 8.40. The van der Waals surface area contributed by atoms with Crippen molar-refractivity contribution in [3.05, 3.63) is 0 Å². The molecule has 0 aromatic heterocycles. The van der Waals surface area contributed by atoms with Crippen LogP contribution >= 0.6 is 0 Å². The second kappa shape index (κ2) is 6.37. The zero-order valence-corrected chi connectivity index (χ0v) is 10.5. The lowest BCUT2D eigenvalue weighted by Gasteiger charge is -2.26. The number of nitrogens with one attached hydrogen (secondary N) is 1. The Kier molecular flexibility index (Phi) is 5.12. The molecule has 1 aliphatic rings. The molecule has 4 N–H and O–H groups in total. The third-order valence-corrected chi connectivity index (χ3v) is 3.41. The average molecular weight is 256 g/mol. The molecule has 0 heterocycles. The smallest absolute Gasteiger partial charge is 0.326 e. The van der Waals surface area contributed by atoms with Crippen molar-refractivity contribution in [2.45, 2.75) is 45.1 Å². The molecule has 0 saturated heterocycles. The molecule has 1 atom stereocenters. The first-order valence-electron chi connectivity index (χ1n) is 6.21. The second-order valence-electron chi connectivity index (χ2n) is 5.03. The molecule has 6 nitrogen and oxygen atoms in total. The highest BCUT2D eigenvalue weighted by molar-refractivity contribution is 5.88. The van der Waals surface area contributed by atoms with Crippen LogP contribution in [0.5, 0.6) is 0 Å². The quantitative estimate of drug-likeness (QED) is 0.655. The van der Waals surface area contributed by atoms with Crippen LogP contribution in [0, 0.1) is 11.8 Å². The summed E-state index contributed by atoms with van der Waals surface area (Å²) < 4.78 is 0. The molecule has 18 heavy (non-hydrogen) atoms. The van der Waals surface area contributed by atoms with Crippen LogP contribution in [0.4, 0.5) is 0 Å². The number of amides is 2. The standard InChI is InChI=1S/C12H20N2O4/c1-7-2-4-8(5-3-7)11(16)14-9(12(17)18)6-10(13)15/h7-9H,2-6H2,1H3,(H2,13,15)(H,14,16)(H,17,18)/t7?,8?,9-/m0/s1. The van der Waals surface area contributed by atoms with Gasteiger partial charge in [0, 0.05) is 5.92 Å². The number of primary amides is 1. The third-order valence-electron chi connectivity index (χ3n) is 3.41. The van der Waals surface area contributed by atoms with Gasteiger partial charge in [0.2, 0.25) is 11.8 Å². The van der Waals surface area contributed by atoms with E-state index in [0.29, 0.717) is 5.92 Å². The number of hydrogen-bond acceptors (Lipinski definition) is 3. The molecule has 0 unspecified atom stereocenters. The van der Waals surface area contributed by atoms with Crippen LogP contribution in [0.3, 0.4) is 0 Å². The minimum absolute atomic E-state index is 0.143. The molecule has 6 heteroatoms. The molecule has 0 spiro atoms. The third kappa shape index (κ3) is 4.35. The van der Waals surface area contributed by atoms with Gasteiger partial charge in [0.1, 0.15) is 6.04 Å². The van der Waals surface area contributed by atoms with E-state index in [0.717, 1.165) is 25.7 Å². The summed E-state index contributed by atoms with van der Waals surface area (Å²) in [5, 5.41) is 11.3. The highest BCUT2D eigenvalue weighted by atomic mass is 16.4. The maximum Gasteiger partial charge on any atom is 0.326 e. The maximum atomic E-state index is 11.9. The summed E-state index contributed by atoms with van der Waals surface area (Å²) >= 11 is 0. The Hall–Kier alpha value is -1.59. The fourth-order valence-corrected chi connectivity index (χ4v) is 2.21. The highest BCUT2D eigenvalue weighted by Gasteiger charge is 2.28. The Morgan fingerprint density at radius 2 is 1.83 bits per heavy atom. The zero-order chi connectivity index (χ0) is 13.7. The van der Waals surface area contributed by atoms with E-state index in [1.54, 1.807) is 0 Å². The number of carboxylic acid groups (broad SMARTS) is 1. The van der Waals surface area contributed by atoms with E-state index in [9.17, 15) is 14.4 Å². The first kappa shape index (κ1) is 14.5. The van der Waals surface area contributed by atoms with Crippen molar-refractivity contribution in [1.29, 1.82) is 0 Å². The number of hydrogen-bond donors (Lipinski definition) is 3. The van der Waals surface area contributed by atoms with E-state index >= 15 is 0 Å². The molecule has 0 bridgehead atoms. The average Bonchev–Trinajstić information content (AvgIpc) is 2.28. The number of carbonyl (C=O) groups excluding carboxylic acids is 2. The SMILES string of the molecule is CC1CCC(C(=O)N[C@@H](CC(N)=O)C(=O)O)CC1. The normalized spacial score (nSPS) is 25.2. The van der Waals surface area contributed by atoms with Crippen LogP contribution in [0.1, 0.15) is 39.0 Å². The van der Waals surface area contributed by atoms with Gasteiger partial charge in [-0.25, -0.2) is 4.79 Å². The molecule has 1 saturated carbocycles. The molecule has 1 fully saturated rings. The van der Waals surface area contributed by atoms with Crippen molar-refractivity contribution >= 4 is 17.8 Å².